The third-order valence-electron chi connectivity index (χ3n) is 2.73. The highest BCUT2D eigenvalue weighted by Gasteiger charge is 2.31. The minimum absolute atomic E-state index is 0.331. The summed E-state index contributed by atoms with van der Waals surface area (Å²) in [6, 6.07) is 8.94. The summed E-state index contributed by atoms with van der Waals surface area (Å²) in [6.45, 7) is 1.62. The van der Waals surface area contributed by atoms with Crippen molar-refractivity contribution in [1.82, 2.24) is 4.98 Å². The van der Waals surface area contributed by atoms with E-state index in [1.54, 1.807) is 19.1 Å². The lowest BCUT2D eigenvalue weighted by Crippen LogP contribution is -2.33. The molecule has 1 heterocycles. The summed E-state index contributed by atoms with van der Waals surface area (Å²) < 4.78 is 17.2. The summed E-state index contributed by atoms with van der Waals surface area (Å²) in [4.78, 5) is 15.4. The first-order valence-corrected chi connectivity index (χ1v) is 6.57. The quantitative estimate of drug-likeness (QED) is 0.871. The molecular formula is C14H12BrFN2O2. The second-order valence-corrected chi connectivity index (χ2v) is 5.89. The van der Waals surface area contributed by atoms with Crippen LogP contribution in [0.5, 0.6) is 11.5 Å². The first-order chi connectivity index (χ1) is 9.39. The van der Waals surface area contributed by atoms with Crippen LogP contribution < -0.4 is 10.5 Å². The van der Waals surface area contributed by atoms with E-state index < -0.39 is 10.2 Å². The third-order valence-corrected chi connectivity index (χ3v) is 3.53. The van der Waals surface area contributed by atoms with Gasteiger partial charge in [0.2, 0.25) is 5.91 Å². The average Bonchev–Trinajstić information content (AvgIpc) is 2.42. The highest BCUT2D eigenvalue weighted by atomic mass is 79.9. The van der Waals surface area contributed by atoms with Gasteiger partial charge in [0.1, 0.15) is 21.6 Å². The van der Waals surface area contributed by atoms with Crippen molar-refractivity contribution >= 4 is 21.8 Å². The van der Waals surface area contributed by atoms with Crippen molar-refractivity contribution in [2.24, 2.45) is 5.73 Å². The predicted octanol–water partition coefficient (Wildman–Crippen LogP) is 3.11. The molecule has 4 nitrogen and oxygen atoms in total. The molecule has 0 radical (unpaired) electrons. The summed E-state index contributed by atoms with van der Waals surface area (Å²) in [7, 11) is 0. The Morgan fingerprint density at radius 1 is 1.25 bits per heavy atom. The lowest BCUT2D eigenvalue weighted by molar-refractivity contribution is -0.120. The van der Waals surface area contributed by atoms with Crippen LogP contribution in [-0.2, 0) is 9.12 Å². The van der Waals surface area contributed by atoms with Crippen molar-refractivity contribution in [1.29, 1.82) is 0 Å². The molecule has 0 bridgehead atoms. The molecule has 1 unspecified atom stereocenters. The Hall–Kier alpha value is -1.95. The minimum atomic E-state index is -1.03. The second kappa shape index (κ2) is 5.58. The zero-order valence-electron chi connectivity index (χ0n) is 10.6. The van der Waals surface area contributed by atoms with Crippen LogP contribution in [0.2, 0.25) is 0 Å². The Morgan fingerprint density at radius 2 is 1.85 bits per heavy atom. The van der Waals surface area contributed by atoms with E-state index in [0.717, 1.165) is 0 Å². The van der Waals surface area contributed by atoms with Gasteiger partial charge in [-0.05, 0) is 43.3 Å². The van der Waals surface area contributed by atoms with Gasteiger partial charge in [-0.1, -0.05) is 15.9 Å². The molecule has 2 rings (SSSR count). The van der Waals surface area contributed by atoms with Crippen molar-refractivity contribution in [2.75, 3.05) is 0 Å². The molecule has 0 aliphatic heterocycles. The molecule has 2 aromatic rings. The molecule has 1 amide bonds. The number of amides is 1. The number of hydrogen-bond donors (Lipinski definition) is 1. The number of hydrogen-bond acceptors (Lipinski definition) is 3. The van der Waals surface area contributed by atoms with E-state index in [4.69, 9.17) is 10.5 Å². The van der Waals surface area contributed by atoms with E-state index >= 15 is 0 Å². The molecule has 104 valence electrons. The fourth-order valence-electron chi connectivity index (χ4n) is 1.48. The first-order valence-electron chi connectivity index (χ1n) is 5.78. The van der Waals surface area contributed by atoms with Crippen LogP contribution in [0.25, 0.3) is 0 Å². The number of rotatable bonds is 4. The lowest BCUT2D eigenvalue weighted by atomic mass is 10.1. The Bertz CT molecular complexity index is 612. The first kappa shape index (κ1) is 14.5. The van der Waals surface area contributed by atoms with Crippen LogP contribution in [0.1, 0.15) is 12.6 Å². The molecule has 0 saturated carbocycles. The molecule has 2 N–H and O–H groups in total. The number of alkyl halides is 1. The monoisotopic (exact) mass is 338 g/mol. The van der Waals surface area contributed by atoms with Gasteiger partial charge in [0.05, 0.1) is 11.9 Å². The maximum atomic E-state index is 12.8. The number of nitrogens with zero attached hydrogens (tertiary/aromatic N) is 1. The third kappa shape index (κ3) is 3.14. The highest BCUT2D eigenvalue weighted by molar-refractivity contribution is 9.10. The van der Waals surface area contributed by atoms with E-state index in [2.05, 4.69) is 20.9 Å². The van der Waals surface area contributed by atoms with Crippen LogP contribution >= 0.6 is 15.9 Å². The molecule has 20 heavy (non-hydrogen) atoms. The molecule has 6 heteroatoms. The van der Waals surface area contributed by atoms with Crippen LogP contribution in [0, 0.1) is 5.82 Å². The topological polar surface area (TPSA) is 65.2 Å². The summed E-state index contributed by atoms with van der Waals surface area (Å²) in [5.41, 5.74) is 5.77. The largest absolute Gasteiger partial charge is 0.456 e. The Balaban J connectivity index is 2.16. The number of primary amides is 1. The van der Waals surface area contributed by atoms with Gasteiger partial charge in [0.15, 0.2) is 0 Å². The number of nitrogens with two attached hydrogens (primary N) is 1. The number of halogens is 2. The summed E-state index contributed by atoms with van der Waals surface area (Å²) >= 11 is 3.23. The molecule has 0 aliphatic carbocycles. The number of carbonyl (C=O) groups excluding carboxylic acids is 1. The summed E-state index contributed by atoms with van der Waals surface area (Å²) in [5, 5.41) is 0. The molecule has 0 saturated heterocycles. The van der Waals surface area contributed by atoms with Crippen LogP contribution in [0.4, 0.5) is 4.39 Å². The molecule has 1 aromatic carbocycles. The van der Waals surface area contributed by atoms with Crippen molar-refractivity contribution in [3.8, 4) is 11.5 Å². The predicted molar refractivity (Wildman–Crippen MR) is 76.2 cm³/mol. The number of carbonyl (C=O) groups is 1. The zero-order chi connectivity index (χ0) is 14.8. The van der Waals surface area contributed by atoms with E-state index in [1.807, 2.05) is 0 Å². The van der Waals surface area contributed by atoms with Crippen LogP contribution in [-0.4, -0.2) is 10.9 Å². The average molecular weight is 339 g/mol. The van der Waals surface area contributed by atoms with Crippen molar-refractivity contribution in [2.45, 2.75) is 11.2 Å². The van der Waals surface area contributed by atoms with E-state index in [9.17, 15) is 9.18 Å². The number of benzene rings is 1. The molecule has 0 spiro atoms. The Labute approximate surface area is 123 Å². The smallest absolute Gasteiger partial charge is 0.240 e. The number of ether oxygens (including phenoxy) is 1. The van der Waals surface area contributed by atoms with Crippen molar-refractivity contribution < 1.29 is 13.9 Å². The van der Waals surface area contributed by atoms with Crippen LogP contribution in [0.15, 0.2) is 42.6 Å². The molecule has 0 fully saturated rings. The van der Waals surface area contributed by atoms with Crippen molar-refractivity contribution in [3.05, 3.63) is 54.1 Å². The molecule has 1 atom stereocenters. The van der Waals surface area contributed by atoms with Gasteiger partial charge in [-0.15, -0.1) is 0 Å². The molecular weight excluding hydrogens is 327 g/mol. The SMILES string of the molecule is CC(Br)(C(N)=O)c1ccc(Oc2ccc(F)cc2)cn1. The molecule has 0 aliphatic rings. The van der Waals surface area contributed by atoms with Crippen LogP contribution in [0.3, 0.4) is 0 Å². The Kier molecular flexibility index (Phi) is 4.04. The normalized spacial score (nSPS) is 13.6. The zero-order valence-corrected chi connectivity index (χ0v) is 12.2. The summed E-state index contributed by atoms with van der Waals surface area (Å²) in [5.74, 6) is 0.116. The van der Waals surface area contributed by atoms with Gasteiger partial charge in [0, 0.05) is 0 Å². The maximum absolute atomic E-state index is 12.8. The number of aromatic nitrogens is 1. The van der Waals surface area contributed by atoms with E-state index in [1.165, 1.54) is 30.5 Å². The van der Waals surface area contributed by atoms with Gasteiger partial charge in [0.25, 0.3) is 0 Å². The molecule has 1 aromatic heterocycles. The standard InChI is InChI=1S/C14H12BrFN2O2/c1-14(15,13(17)19)12-7-6-11(8-18-12)20-10-4-2-9(16)3-5-10/h2-8H,1H3,(H2,17,19). The summed E-state index contributed by atoms with van der Waals surface area (Å²) in [6.07, 6.45) is 1.47. The van der Waals surface area contributed by atoms with Gasteiger partial charge in [-0.3, -0.25) is 9.78 Å². The van der Waals surface area contributed by atoms with Gasteiger partial charge in [-0.25, -0.2) is 4.39 Å². The number of pyridine rings is 1. The fraction of sp³-hybridized carbons (Fsp3) is 0.143. The minimum Gasteiger partial charge on any atom is -0.456 e. The van der Waals surface area contributed by atoms with Gasteiger partial charge in [-0.2, -0.15) is 0 Å². The fourth-order valence-corrected chi connectivity index (χ4v) is 1.72. The highest BCUT2D eigenvalue weighted by Crippen LogP contribution is 2.30. The lowest BCUT2D eigenvalue weighted by Gasteiger charge is -2.17. The Morgan fingerprint density at radius 3 is 2.35 bits per heavy atom. The van der Waals surface area contributed by atoms with E-state index in [-0.39, 0.29) is 5.82 Å². The van der Waals surface area contributed by atoms with Gasteiger partial charge < -0.3 is 10.5 Å². The van der Waals surface area contributed by atoms with Crippen molar-refractivity contribution in [3.63, 3.8) is 0 Å². The van der Waals surface area contributed by atoms with E-state index in [0.29, 0.717) is 17.2 Å². The van der Waals surface area contributed by atoms with Gasteiger partial charge >= 0.3 is 0 Å². The maximum Gasteiger partial charge on any atom is 0.240 e. The second-order valence-electron chi connectivity index (χ2n) is 4.30.